The summed E-state index contributed by atoms with van der Waals surface area (Å²) in [4.78, 5) is 11.7. The molecule has 2 fully saturated rings. The van der Waals surface area contributed by atoms with Crippen molar-refractivity contribution in [2.24, 2.45) is 17.6 Å². The van der Waals surface area contributed by atoms with Crippen molar-refractivity contribution in [2.45, 2.75) is 57.5 Å². The fourth-order valence-electron chi connectivity index (χ4n) is 2.86. The van der Waals surface area contributed by atoms with Crippen LogP contribution >= 0.6 is 12.4 Å². The molecule has 0 bridgehead atoms. The van der Waals surface area contributed by atoms with Crippen LogP contribution in [0.15, 0.2) is 0 Å². The van der Waals surface area contributed by atoms with Gasteiger partial charge in [0.1, 0.15) is 0 Å². The molecule has 2 rings (SSSR count). The van der Waals surface area contributed by atoms with Crippen LogP contribution in [0.3, 0.4) is 0 Å². The van der Waals surface area contributed by atoms with Crippen molar-refractivity contribution in [3.63, 3.8) is 0 Å². The van der Waals surface area contributed by atoms with Gasteiger partial charge in [0.25, 0.3) is 0 Å². The minimum absolute atomic E-state index is 0. The third-order valence-electron chi connectivity index (χ3n) is 3.90. The minimum Gasteiger partial charge on any atom is -0.353 e. The molecular weight excluding hydrogens is 224 g/mol. The number of hydrogen-bond acceptors (Lipinski definition) is 2. The molecule has 2 aliphatic rings. The summed E-state index contributed by atoms with van der Waals surface area (Å²) in [6, 6.07) is 0.709. The van der Waals surface area contributed by atoms with E-state index in [1.54, 1.807) is 0 Å². The SMILES string of the molecule is CC1CC(NC(=O)C[C@@H]2CCC[C@H]2N)C1.Cl. The van der Waals surface area contributed by atoms with Crippen molar-refractivity contribution in [3.05, 3.63) is 0 Å². The number of halogens is 1. The first-order valence-electron chi connectivity index (χ1n) is 6.20. The summed E-state index contributed by atoms with van der Waals surface area (Å²) in [5, 5.41) is 3.10. The average Bonchev–Trinajstić information content (AvgIpc) is 2.49. The Morgan fingerprint density at radius 1 is 1.38 bits per heavy atom. The lowest BCUT2D eigenvalue weighted by Crippen LogP contribution is -2.44. The molecule has 0 radical (unpaired) electrons. The van der Waals surface area contributed by atoms with Crippen LogP contribution in [0.25, 0.3) is 0 Å². The number of rotatable bonds is 3. The topological polar surface area (TPSA) is 55.1 Å². The Kier molecular flexibility index (Phi) is 5.06. The molecule has 0 heterocycles. The first-order valence-corrected chi connectivity index (χ1v) is 6.20. The van der Waals surface area contributed by atoms with Crippen LogP contribution in [0.2, 0.25) is 0 Å². The van der Waals surface area contributed by atoms with Crippen molar-refractivity contribution >= 4 is 18.3 Å². The van der Waals surface area contributed by atoms with E-state index in [1.807, 2.05) is 0 Å². The van der Waals surface area contributed by atoms with Gasteiger partial charge in [-0.15, -0.1) is 12.4 Å². The predicted molar refractivity (Wildman–Crippen MR) is 67.5 cm³/mol. The fourth-order valence-corrected chi connectivity index (χ4v) is 2.86. The normalized spacial score (nSPS) is 37.4. The third-order valence-corrected chi connectivity index (χ3v) is 3.90. The molecule has 2 aliphatic carbocycles. The molecule has 4 heteroatoms. The van der Waals surface area contributed by atoms with Gasteiger partial charge in [0, 0.05) is 18.5 Å². The van der Waals surface area contributed by atoms with Crippen molar-refractivity contribution in [2.75, 3.05) is 0 Å². The highest BCUT2D eigenvalue weighted by molar-refractivity contribution is 5.85. The number of carbonyl (C=O) groups excluding carboxylic acids is 1. The van der Waals surface area contributed by atoms with E-state index in [1.165, 1.54) is 6.42 Å². The van der Waals surface area contributed by atoms with Gasteiger partial charge in [0.15, 0.2) is 0 Å². The van der Waals surface area contributed by atoms with Crippen LogP contribution in [0.1, 0.15) is 45.4 Å². The van der Waals surface area contributed by atoms with E-state index in [-0.39, 0.29) is 24.4 Å². The number of carbonyl (C=O) groups is 1. The summed E-state index contributed by atoms with van der Waals surface area (Å²) in [6.45, 7) is 2.23. The summed E-state index contributed by atoms with van der Waals surface area (Å²) < 4.78 is 0. The zero-order valence-corrected chi connectivity index (χ0v) is 10.8. The third kappa shape index (κ3) is 3.36. The highest BCUT2D eigenvalue weighted by Gasteiger charge is 2.29. The Morgan fingerprint density at radius 2 is 2.06 bits per heavy atom. The van der Waals surface area contributed by atoms with Gasteiger partial charge in [-0.3, -0.25) is 4.79 Å². The lowest BCUT2D eigenvalue weighted by Gasteiger charge is -2.33. The molecule has 3 nitrogen and oxygen atoms in total. The highest BCUT2D eigenvalue weighted by Crippen LogP contribution is 2.29. The van der Waals surface area contributed by atoms with E-state index in [2.05, 4.69) is 12.2 Å². The molecule has 0 aromatic carbocycles. The standard InChI is InChI=1S/C12H22N2O.ClH/c1-8-5-10(6-8)14-12(15)7-9-3-2-4-11(9)13;/h8-11H,2-7,13H2,1H3,(H,14,15);1H/t8?,9-,10?,11+;/m0./s1. The molecule has 0 spiro atoms. The Hall–Kier alpha value is -0.280. The van der Waals surface area contributed by atoms with Crippen LogP contribution in [-0.2, 0) is 4.79 Å². The molecule has 16 heavy (non-hydrogen) atoms. The smallest absolute Gasteiger partial charge is 0.220 e. The monoisotopic (exact) mass is 246 g/mol. The van der Waals surface area contributed by atoms with Gasteiger partial charge in [-0.25, -0.2) is 0 Å². The largest absolute Gasteiger partial charge is 0.353 e. The molecular formula is C12H23ClN2O. The Morgan fingerprint density at radius 3 is 2.56 bits per heavy atom. The molecule has 0 unspecified atom stereocenters. The summed E-state index contributed by atoms with van der Waals surface area (Å²) in [5.74, 6) is 1.45. The van der Waals surface area contributed by atoms with E-state index >= 15 is 0 Å². The van der Waals surface area contributed by atoms with Gasteiger partial charge >= 0.3 is 0 Å². The average molecular weight is 247 g/mol. The van der Waals surface area contributed by atoms with Gasteiger partial charge in [0.05, 0.1) is 0 Å². The van der Waals surface area contributed by atoms with Gasteiger partial charge in [-0.1, -0.05) is 13.3 Å². The number of amides is 1. The van der Waals surface area contributed by atoms with Crippen LogP contribution < -0.4 is 11.1 Å². The van der Waals surface area contributed by atoms with Crippen LogP contribution in [0.5, 0.6) is 0 Å². The summed E-state index contributed by atoms with van der Waals surface area (Å²) in [6.07, 6.45) is 6.38. The van der Waals surface area contributed by atoms with Crippen LogP contribution in [-0.4, -0.2) is 18.0 Å². The molecule has 0 aliphatic heterocycles. The zero-order valence-electron chi connectivity index (χ0n) is 9.95. The van der Waals surface area contributed by atoms with Crippen molar-refractivity contribution in [1.29, 1.82) is 0 Å². The highest BCUT2D eigenvalue weighted by atomic mass is 35.5. The second kappa shape index (κ2) is 5.87. The van der Waals surface area contributed by atoms with E-state index in [9.17, 15) is 4.79 Å². The Balaban J connectivity index is 0.00000128. The first kappa shape index (κ1) is 13.8. The van der Waals surface area contributed by atoms with Gasteiger partial charge in [-0.05, 0) is 37.5 Å². The molecule has 2 saturated carbocycles. The number of hydrogen-bond donors (Lipinski definition) is 2. The number of nitrogens with two attached hydrogens (primary N) is 1. The molecule has 0 aromatic heterocycles. The van der Waals surface area contributed by atoms with Crippen molar-refractivity contribution in [1.82, 2.24) is 5.32 Å². The molecule has 0 saturated heterocycles. The molecule has 94 valence electrons. The summed E-state index contributed by atoms with van der Waals surface area (Å²) in [5.41, 5.74) is 5.95. The Bertz CT molecular complexity index is 241. The lowest BCUT2D eigenvalue weighted by atomic mass is 9.82. The predicted octanol–water partition coefficient (Wildman–Crippen LogP) is 1.84. The fraction of sp³-hybridized carbons (Fsp3) is 0.917. The quantitative estimate of drug-likeness (QED) is 0.799. The maximum absolute atomic E-state index is 11.7. The van der Waals surface area contributed by atoms with E-state index in [0.29, 0.717) is 18.4 Å². The second-order valence-electron chi connectivity index (χ2n) is 5.40. The first-order chi connectivity index (χ1) is 7.15. The van der Waals surface area contributed by atoms with Crippen LogP contribution in [0, 0.1) is 11.8 Å². The molecule has 2 atom stereocenters. The van der Waals surface area contributed by atoms with E-state index in [0.717, 1.165) is 31.6 Å². The van der Waals surface area contributed by atoms with Crippen molar-refractivity contribution in [3.8, 4) is 0 Å². The van der Waals surface area contributed by atoms with Crippen molar-refractivity contribution < 1.29 is 4.79 Å². The molecule has 3 N–H and O–H groups in total. The molecule has 1 amide bonds. The second-order valence-corrected chi connectivity index (χ2v) is 5.40. The summed E-state index contributed by atoms with van der Waals surface area (Å²) >= 11 is 0. The van der Waals surface area contributed by atoms with Gasteiger partial charge in [-0.2, -0.15) is 0 Å². The van der Waals surface area contributed by atoms with Crippen LogP contribution in [0.4, 0.5) is 0 Å². The van der Waals surface area contributed by atoms with E-state index < -0.39 is 0 Å². The Labute approximate surface area is 104 Å². The number of nitrogens with one attached hydrogen (secondary N) is 1. The van der Waals surface area contributed by atoms with Gasteiger partial charge < -0.3 is 11.1 Å². The zero-order chi connectivity index (χ0) is 10.8. The van der Waals surface area contributed by atoms with Gasteiger partial charge in [0.2, 0.25) is 5.91 Å². The summed E-state index contributed by atoms with van der Waals surface area (Å²) in [7, 11) is 0. The molecule has 0 aromatic rings. The minimum atomic E-state index is 0. The maximum Gasteiger partial charge on any atom is 0.220 e. The lowest BCUT2D eigenvalue weighted by molar-refractivity contribution is -0.123. The van der Waals surface area contributed by atoms with E-state index in [4.69, 9.17) is 5.73 Å². The maximum atomic E-state index is 11.7.